The van der Waals surface area contributed by atoms with Gasteiger partial charge in [-0.2, -0.15) is 0 Å². The van der Waals surface area contributed by atoms with Crippen molar-refractivity contribution in [2.45, 2.75) is 18.4 Å². The lowest BCUT2D eigenvalue weighted by molar-refractivity contribution is -0.121. The van der Waals surface area contributed by atoms with Crippen LogP contribution in [0.5, 0.6) is 0 Å². The van der Waals surface area contributed by atoms with Crippen molar-refractivity contribution in [3.05, 3.63) is 34.3 Å². The maximum Gasteiger partial charge on any atom is 0.234 e. The van der Waals surface area contributed by atoms with Gasteiger partial charge in [0.05, 0.1) is 18.7 Å². The molecule has 20 heavy (non-hydrogen) atoms. The molecule has 0 atom stereocenters. The van der Waals surface area contributed by atoms with E-state index in [2.05, 4.69) is 38.7 Å². The van der Waals surface area contributed by atoms with Crippen LogP contribution < -0.4 is 10.6 Å². The molecule has 1 aromatic carbocycles. The summed E-state index contributed by atoms with van der Waals surface area (Å²) in [5.74, 6) is 0.0357. The quantitative estimate of drug-likeness (QED) is 0.730. The monoisotopic (exact) mass is 362 g/mol. The number of ether oxygens (including phenoxy) is 1. The van der Waals surface area contributed by atoms with Gasteiger partial charge < -0.3 is 15.4 Å². The van der Waals surface area contributed by atoms with Gasteiger partial charge in [-0.05, 0) is 30.5 Å². The molecule has 1 saturated carbocycles. The standard InChI is InChI=1S/C14H19BrN2O2.ClH/c1-19-8-7-16-10-13(18)17-14(5-6-14)11-3-2-4-12(15)9-11;/h2-4,9,16H,5-8,10H2,1H3,(H,17,18);1H. The summed E-state index contributed by atoms with van der Waals surface area (Å²) in [6.07, 6.45) is 2.01. The Balaban J connectivity index is 0.00000200. The Morgan fingerprint density at radius 1 is 1.45 bits per heavy atom. The molecule has 4 nitrogen and oxygen atoms in total. The first-order valence-electron chi connectivity index (χ1n) is 6.43. The average molecular weight is 364 g/mol. The second kappa shape index (κ2) is 7.98. The molecular formula is C14H20BrClN2O2. The van der Waals surface area contributed by atoms with Gasteiger partial charge in [-0.3, -0.25) is 4.79 Å². The summed E-state index contributed by atoms with van der Waals surface area (Å²) in [5.41, 5.74) is 1.02. The highest BCUT2D eigenvalue weighted by Gasteiger charge is 2.45. The Hall–Kier alpha value is -0.620. The number of benzene rings is 1. The molecule has 0 unspecified atom stereocenters. The van der Waals surface area contributed by atoms with Crippen LogP contribution in [0.4, 0.5) is 0 Å². The Bertz CT molecular complexity index is 453. The number of amides is 1. The van der Waals surface area contributed by atoms with E-state index in [4.69, 9.17) is 4.74 Å². The van der Waals surface area contributed by atoms with Crippen molar-refractivity contribution < 1.29 is 9.53 Å². The van der Waals surface area contributed by atoms with E-state index in [1.54, 1.807) is 7.11 Å². The Morgan fingerprint density at radius 3 is 2.80 bits per heavy atom. The third kappa shape index (κ3) is 4.74. The fraction of sp³-hybridized carbons (Fsp3) is 0.500. The van der Waals surface area contributed by atoms with Crippen molar-refractivity contribution in [3.63, 3.8) is 0 Å². The zero-order valence-corrected chi connectivity index (χ0v) is 13.9. The SMILES string of the molecule is COCCNCC(=O)NC1(c2cccc(Br)c2)CC1.Cl. The Morgan fingerprint density at radius 2 is 2.20 bits per heavy atom. The van der Waals surface area contributed by atoms with Crippen LogP contribution in [-0.2, 0) is 15.1 Å². The molecular weight excluding hydrogens is 344 g/mol. The summed E-state index contributed by atoms with van der Waals surface area (Å²) >= 11 is 3.47. The first-order chi connectivity index (χ1) is 9.16. The summed E-state index contributed by atoms with van der Waals surface area (Å²) in [7, 11) is 1.65. The van der Waals surface area contributed by atoms with Crippen LogP contribution in [-0.4, -0.2) is 32.7 Å². The maximum atomic E-state index is 11.9. The van der Waals surface area contributed by atoms with Gasteiger partial charge in [0.2, 0.25) is 5.91 Å². The van der Waals surface area contributed by atoms with Crippen LogP contribution in [0.15, 0.2) is 28.7 Å². The second-order valence-corrected chi connectivity index (χ2v) is 5.73. The summed E-state index contributed by atoms with van der Waals surface area (Å²) in [6.45, 7) is 1.64. The molecule has 2 rings (SSSR count). The molecule has 112 valence electrons. The van der Waals surface area contributed by atoms with E-state index in [1.807, 2.05) is 12.1 Å². The van der Waals surface area contributed by atoms with Crippen LogP contribution in [0.25, 0.3) is 0 Å². The predicted molar refractivity (Wildman–Crippen MR) is 85.2 cm³/mol. The molecule has 0 bridgehead atoms. The lowest BCUT2D eigenvalue weighted by Crippen LogP contribution is -2.41. The van der Waals surface area contributed by atoms with Gasteiger partial charge in [-0.1, -0.05) is 28.1 Å². The van der Waals surface area contributed by atoms with Gasteiger partial charge in [-0.15, -0.1) is 12.4 Å². The average Bonchev–Trinajstić information content (AvgIpc) is 3.16. The molecule has 0 aliphatic heterocycles. The zero-order valence-electron chi connectivity index (χ0n) is 11.4. The van der Waals surface area contributed by atoms with Crippen LogP contribution in [0, 0.1) is 0 Å². The van der Waals surface area contributed by atoms with Crippen molar-refractivity contribution in [1.82, 2.24) is 10.6 Å². The number of carbonyl (C=O) groups is 1. The van der Waals surface area contributed by atoms with Crippen LogP contribution in [0.3, 0.4) is 0 Å². The first-order valence-corrected chi connectivity index (χ1v) is 7.22. The zero-order chi connectivity index (χ0) is 13.7. The summed E-state index contributed by atoms with van der Waals surface area (Å²) < 4.78 is 5.97. The number of carbonyl (C=O) groups excluding carboxylic acids is 1. The molecule has 1 aromatic rings. The molecule has 0 saturated heterocycles. The highest BCUT2D eigenvalue weighted by molar-refractivity contribution is 9.10. The van der Waals surface area contributed by atoms with Crippen LogP contribution >= 0.6 is 28.3 Å². The van der Waals surface area contributed by atoms with E-state index in [1.165, 1.54) is 5.56 Å². The molecule has 2 N–H and O–H groups in total. The largest absolute Gasteiger partial charge is 0.383 e. The number of nitrogens with one attached hydrogen (secondary N) is 2. The van der Waals surface area contributed by atoms with E-state index < -0.39 is 0 Å². The van der Waals surface area contributed by atoms with E-state index in [0.717, 1.165) is 17.3 Å². The molecule has 0 radical (unpaired) electrons. The first kappa shape index (κ1) is 17.4. The van der Waals surface area contributed by atoms with Crippen LogP contribution in [0.2, 0.25) is 0 Å². The van der Waals surface area contributed by atoms with Crippen molar-refractivity contribution in [3.8, 4) is 0 Å². The number of halogens is 2. The third-order valence-corrected chi connectivity index (χ3v) is 3.77. The number of rotatable bonds is 7. The molecule has 1 fully saturated rings. The van der Waals surface area contributed by atoms with E-state index in [9.17, 15) is 4.79 Å². The van der Waals surface area contributed by atoms with Gasteiger partial charge >= 0.3 is 0 Å². The van der Waals surface area contributed by atoms with Crippen molar-refractivity contribution in [2.24, 2.45) is 0 Å². The molecule has 1 aliphatic rings. The molecule has 0 aromatic heterocycles. The fourth-order valence-electron chi connectivity index (χ4n) is 2.08. The van der Waals surface area contributed by atoms with Gasteiger partial charge in [0.1, 0.15) is 0 Å². The van der Waals surface area contributed by atoms with Gasteiger partial charge in [0.15, 0.2) is 0 Å². The van der Waals surface area contributed by atoms with E-state index >= 15 is 0 Å². The summed E-state index contributed by atoms with van der Waals surface area (Å²) in [5, 5.41) is 6.18. The van der Waals surface area contributed by atoms with Gasteiger partial charge in [-0.25, -0.2) is 0 Å². The third-order valence-electron chi connectivity index (χ3n) is 3.27. The van der Waals surface area contributed by atoms with Crippen molar-refractivity contribution in [1.29, 1.82) is 0 Å². The highest BCUT2D eigenvalue weighted by Crippen LogP contribution is 2.45. The minimum Gasteiger partial charge on any atom is -0.383 e. The number of methoxy groups -OCH3 is 1. The Labute approximate surface area is 134 Å². The lowest BCUT2D eigenvalue weighted by Gasteiger charge is -2.18. The highest BCUT2D eigenvalue weighted by atomic mass is 79.9. The minimum absolute atomic E-state index is 0. The number of hydrogen-bond donors (Lipinski definition) is 2. The molecule has 6 heteroatoms. The van der Waals surface area contributed by atoms with Crippen molar-refractivity contribution >= 4 is 34.2 Å². The van der Waals surface area contributed by atoms with E-state index in [0.29, 0.717) is 19.7 Å². The van der Waals surface area contributed by atoms with Gasteiger partial charge in [0.25, 0.3) is 0 Å². The maximum absolute atomic E-state index is 11.9. The number of hydrogen-bond acceptors (Lipinski definition) is 3. The molecule has 1 aliphatic carbocycles. The van der Waals surface area contributed by atoms with Crippen molar-refractivity contribution in [2.75, 3.05) is 26.8 Å². The lowest BCUT2D eigenvalue weighted by atomic mass is 10.1. The molecule has 0 heterocycles. The smallest absolute Gasteiger partial charge is 0.234 e. The fourth-order valence-corrected chi connectivity index (χ4v) is 2.48. The molecule has 1 amide bonds. The second-order valence-electron chi connectivity index (χ2n) is 4.81. The Kier molecular flexibility index (Phi) is 6.95. The topological polar surface area (TPSA) is 50.4 Å². The van der Waals surface area contributed by atoms with Crippen LogP contribution in [0.1, 0.15) is 18.4 Å². The van der Waals surface area contributed by atoms with E-state index in [-0.39, 0.29) is 23.9 Å². The molecule has 0 spiro atoms. The minimum atomic E-state index is -0.149. The summed E-state index contributed by atoms with van der Waals surface area (Å²) in [4.78, 5) is 11.9. The summed E-state index contributed by atoms with van der Waals surface area (Å²) in [6, 6.07) is 8.14. The van der Waals surface area contributed by atoms with Gasteiger partial charge in [0, 0.05) is 18.1 Å². The predicted octanol–water partition coefficient (Wildman–Crippen LogP) is 2.21. The normalized spacial score (nSPS) is 15.3.